The molecule has 0 spiro atoms. The van der Waals surface area contributed by atoms with Gasteiger partial charge in [-0.1, -0.05) is 12.1 Å². The van der Waals surface area contributed by atoms with E-state index in [0.29, 0.717) is 43.7 Å². The maximum absolute atomic E-state index is 12.4. The van der Waals surface area contributed by atoms with Gasteiger partial charge < -0.3 is 19.5 Å². The Hall–Kier alpha value is -3.42. The number of carbonyl (C=O) groups excluding carboxylic acids is 1. The molecule has 3 heterocycles. The Morgan fingerprint density at radius 2 is 1.93 bits per heavy atom. The van der Waals surface area contributed by atoms with E-state index in [9.17, 15) is 4.79 Å². The number of amides is 1. The maximum atomic E-state index is 12.4. The molecule has 3 aromatic rings. The van der Waals surface area contributed by atoms with Crippen LogP contribution >= 0.6 is 0 Å². The minimum Gasteiger partial charge on any atom is -0.459 e. The molecule has 0 aliphatic carbocycles. The zero-order chi connectivity index (χ0) is 19.5. The van der Waals surface area contributed by atoms with E-state index < -0.39 is 0 Å². The number of benzene rings is 1. The first-order valence-electron chi connectivity index (χ1n) is 9.22. The summed E-state index contributed by atoms with van der Waals surface area (Å²) in [5.74, 6) is 1.48. The summed E-state index contributed by atoms with van der Waals surface area (Å²) in [4.78, 5) is 20.8. The molecule has 2 aromatic heterocycles. The number of aromatic nitrogens is 3. The van der Waals surface area contributed by atoms with Gasteiger partial charge in [-0.05, 0) is 43.2 Å². The summed E-state index contributed by atoms with van der Waals surface area (Å²) in [7, 11) is 0. The number of nitrogens with one attached hydrogen (secondary N) is 1. The number of piperazine rings is 1. The van der Waals surface area contributed by atoms with E-state index in [0.717, 1.165) is 5.69 Å². The zero-order valence-corrected chi connectivity index (χ0v) is 15.9. The Morgan fingerprint density at radius 1 is 1.11 bits per heavy atom. The van der Waals surface area contributed by atoms with Gasteiger partial charge >= 0.3 is 0 Å². The second-order valence-electron chi connectivity index (χ2n) is 6.77. The van der Waals surface area contributed by atoms with Gasteiger partial charge in [0.15, 0.2) is 11.6 Å². The molecule has 1 aromatic carbocycles. The van der Waals surface area contributed by atoms with Gasteiger partial charge in [-0.2, -0.15) is 10.1 Å². The van der Waals surface area contributed by atoms with E-state index >= 15 is 0 Å². The molecule has 1 amide bonds. The molecule has 0 unspecified atom stereocenters. The van der Waals surface area contributed by atoms with Gasteiger partial charge in [0, 0.05) is 31.9 Å². The average molecular weight is 378 g/mol. The lowest BCUT2D eigenvalue weighted by atomic mass is 10.1. The first kappa shape index (κ1) is 18.0. The monoisotopic (exact) mass is 378 g/mol. The third-order valence-electron chi connectivity index (χ3n) is 5.00. The summed E-state index contributed by atoms with van der Waals surface area (Å²) in [5.41, 5.74) is 3.39. The van der Waals surface area contributed by atoms with Crippen LogP contribution in [0.15, 0.2) is 47.2 Å². The molecule has 0 saturated carbocycles. The summed E-state index contributed by atoms with van der Waals surface area (Å²) in [6.07, 6.45) is 3.12. The Balaban J connectivity index is 1.42. The average Bonchev–Trinajstić information content (AvgIpc) is 3.26. The lowest BCUT2D eigenvalue weighted by Gasteiger charge is -2.34. The van der Waals surface area contributed by atoms with Crippen molar-refractivity contribution in [3.05, 3.63) is 59.7 Å². The fourth-order valence-corrected chi connectivity index (χ4v) is 3.18. The first-order chi connectivity index (χ1) is 13.6. The fourth-order valence-electron chi connectivity index (χ4n) is 3.18. The van der Waals surface area contributed by atoms with Crippen molar-refractivity contribution in [1.29, 1.82) is 0 Å². The quantitative estimate of drug-likeness (QED) is 0.747. The van der Waals surface area contributed by atoms with E-state index in [1.165, 1.54) is 17.4 Å². The standard InChI is InChI=1S/C20H22N6O2/c1-14-5-3-6-16(15(14)2)22-18-13-21-24-20(23-18)26-10-8-25(9-11-26)19(27)17-7-4-12-28-17/h3-7,12-13H,8-11H2,1-2H3,(H,22,23,24). The molecule has 8 nitrogen and oxygen atoms in total. The Bertz CT molecular complexity index is 965. The van der Waals surface area contributed by atoms with Crippen LogP contribution in [0.5, 0.6) is 0 Å². The van der Waals surface area contributed by atoms with Crippen LogP contribution in [0.2, 0.25) is 0 Å². The van der Waals surface area contributed by atoms with Crippen molar-refractivity contribution in [3.8, 4) is 0 Å². The van der Waals surface area contributed by atoms with E-state index in [1.807, 2.05) is 17.0 Å². The van der Waals surface area contributed by atoms with Gasteiger partial charge in [-0.3, -0.25) is 4.79 Å². The van der Waals surface area contributed by atoms with Crippen LogP contribution in [0.25, 0.3) is 0 Å². The molecule has 8 heteroatoms. The molecule has 1 saturated heterocycles. The summed E-state index contributed by atoms with van der Waals surface area (Å²) in [6.45, 7) is 6.59. The summed E-state index contributed by atoms with van der Waals surface area (Å²) in [5, 5.41) is 11.6. The van der Waals surface area contributed by atoms with Gasteiger partial charge in [0.1, 0.15) is 0 Å². The van der Waals surface area contributed by atoms with Gasteiger partial charge in [0.25, 0.3) is 5.91 Å². The van der Waals surface area contributed by atoms with Crippen LogP contribution in [0.4, 0.5) is 17.5 Å². The highest BCUT2D eigenvalue weighted by atomic mass is 16.3. The molecular formula is C20H22N6O2. The summed E-state index contributed by atoms with van der Waals surface area (Å²) < 4.78 is 5.20. The van der Waals surface area contributed by atoms with Crippen LogP contribution in [-0.4, -0.2) is 52.2 Å². The Morgan fingerprint density at radius 3 is 2.68 bits per heavy atom. The van der Waals surface area contributed by atoms with Crippen LogP contribution in [-0.2, 0) is 0 Å². The van der Waals surface area contributed by atoms with Crippen LogP contribution in [0.3, 0.4) is 0 Å². The van der Waals surface area contributed by atoms with Crippen molar-refractivity contribution >= 4 is 23.4 Å². The molecule has 1 aliphatic rings. The van der Waals surface area contributed by atoms with Gasteiger partial charge in [0.2, 0.25) is 5.95 Å². The van der Waals surface area contributed by atoms with Crippen molar-refractivity contribution in [2.24, 2.45) is 0 Å². The van der Waals surface area contributed by atoms with Crippen LogP contribution in [0.1, 0.15) is 21.7 Å². The second kappa shape index (κ2) is 7.67. The highest BCUT2D eigenvalue weighted by molar-refractivity contribution is 5.91. The van der Waals surface area contributed by atoms with E-state index in [1.54, 1.807) is 23.2 Å². The number of aryl methyl sites for hydroxylation is 1. The molecule has 4 rings (SSSR count). The SMILES string of the molecule is Cc1cccc(Nc2cnnc(N3CCN(C(=O)c4ccco4)CC3)n2)c1C. The Kier molecular flexibility index (Phi) is 4.92. The molecule has 1 N–H and O–H groups in total. The molecule has 1 aliphatic heterocycles. The molecule has 0 bridgehead atoms. The summed E-state index contributed by atoms with van der Waals surface area (Å²) >= 11 is 0. The number of furan rings is 1. The summed E-state index contributed by atoms with van der Waals surface area (Å²) in [6, 6.07) is 9.51. The minimum atomic E-state index is -0.0889. The van der Waals surface area contributed by atoms with E-state index in [4.69, 9.17) is 4.42 Å². The lowest BCUT2D eigenvalue weighted by molar-refractivity contribution is 0.0714. The third kappa shape index (κ3) is 3.66. The van der Waals surface area contributed by atoms with Crippen molar-refractivity contribution in [2.75, 3.05) is 36.4 Å². The number of hydrogen-bond donors (Lipinski definition) is 1. The predicted octanol–water partition coefficient (Wildman–Crippen LogP) is 2.79. The number of hydrogen-bond acceptors (Lipinski definition) is 7. The van der Waals surface area contributed by atoms with Crippen molar-refractivity contribution in [3.63, 3.8) is 0 Å². The highest BCUT2D eigenvalue weighted by Gasteiger charge is 2.25. The number of nitrogens with zero attached hydrogens (tertiary/aromatic N) is 5. The van der Waals surface area contributed by atoms with Gasteiger partial charge in [-0.25, -0.2) is 0 Å². The molecule has 144 valence electrons. The van der Waals surface area contributed by atoms with Crippen LogP contribution < -0.4 is 10.2 Å². The lowest BCUT2D eigenvalue weighted by Crippen LogP contribution is -2.49. The normalized spacial score (nSPS) is 14.2. The highest BCUT2D eigenvalue weighted by Crippen LogP contribution is 2.22. The topological polar surface area (TPSA) is 87.4 Å². The Labute approximate surface area is 163 Å². The smallest absolute Gasteiger partial charge is 0.289 e. The fraction of sp³-hybridized carbons (Fsp3) is 0.300. The molecule has 1 fully saturated rings. The zero-order valence-electron chi connectivity index (χ0n) is 15.9. The largest absolute Gasteiger partial charge is 0.459 e. The molecule has 28 heavy (non-hydrogen) atoms. The maximum Gasteiger partial charge on any atom is 0.289 e. The van der Waals surface area contributed by atoms with Crippen molar-refractivity contribution < 1.29 is 9.21 Å². The van der Waals surface area contributed by atoms with E-state index in [-0.39, 0.29) is 5.91 Å². The van der Waals surface area contributed by atoms with Crippen molar-refractivity contribution in [1.82, 2.24) is 20.1 Å². The molecule has 0 atom stereocenters. The number of rotatable bonds is 4. The minimum absolute atomic E-state index is 0.0889. The van der Waals surface area contributed by atoms with Crippen LogP contribution in [0, 0.1) is 13.8 Å². The molecular weight excluding hydrogens is 356 g/mol. The van der Waals surface area contributed by atoms with Crippen molar-refractivity contribution in [2.45, 2.75) is 13.8 Å². The number of carbonyl (C=O) groups is 1. The first-order valence-corrected chi connectivity index (χ1v) is 9.22. The second-order valence-corrected chi connectivity index (χ2v) is 6.77. The van der Waals surface area contributed by atoms with E-state index in [2.05, 4.69) is 40.4 Å². The van der Waals surface area contributed by atoms with Gasteiger partial charge in [-0.15, -0.1) is 5.10 Å². The predicted molar refractivity (Wildman–Crippen MR) is 106 cm³/mol. The van der Waals surface area contributed by atoms with Gasteiger partial charge in [0.05, 0.1) is 12.5 Å². The number of anilines is 3. The molecule has 0 radical (unpaired) electrons. The third-order valence-corrected chi connectivity index (χ3v) is 5.00.